The quantitative estimate of drug-likeness (QED) is 0.493. The molecule has 86 valence electrons. The maximum absolute atomic E-state index is 8.80. The smallest absolute Gasteiger partial charge is 0.0868 e. The van der Waals surface area contributed by atoms with E-state index in [4.69, 9.17) is 5.26 Å². The standard InChI is InChI=1S/C12H22N2S/c1-2-15-11-5-9-14(10-8-13)12-6-3-4-7-12/h12H,2-7,9-11H2,1H3. The first-order chi connectivity index (χ1) is 7.38. The van der Waals surface area contributed by atoms with E-state index in [-0.39, 0.29) is 0 Å². The van der Waals surface area contributed by atoms with E-state index in [0.29, 0.717) is 12.6 Å². The van der Waals surface area contributed by atoms with Crippen LogP contribution in [0.15, 0.2) is 0 Å². The summed E-state index contributed by atoms with van der Waals surface area (Å²) in [5.41, 5.74) is 0. The Balaban J connectivity index is 2.21. The Labute approximate surface area is 98.0 Å². The lowest BCUT2D eigenvalue weighted by atomic mass is 10.2. The van der Waals surface area contributed by atoms with Gasteiger partial charge in [0, 0.05) is 12.6 Å². The van der Waals surface area contributed by atoms with Crippen LogP contribution in [0.2, 0.25) is 0 Å². The van der Waals surface area contributed by atoms with Crippen molar-refractivity contribution in [3.63, 3.8) is 0 Å². The van der Waals surface area contributed by atoms with Crippen LogP contribution in [0.5, 0.6) is 0 Å². The van der Waals surface area contributed by atoms with E-state index >= 15 is 0 Å². The highest BCUT2D eigenvalue weighted by molar-refractivity contribution is 7.99. The van der Waals surface area contributed by atoms with Crippen molar-refractivity contribution < 1.29 is 0 Å². The first-order valence-electron chi connectivity index (χ1n) is 6.07. The highest BCUT2D eigenvalue weighted by Gasteiger charge is 2.21. The van der Waals surface area contributed by atoms with Crippen molar-refractivity contribution in [3.8, 4) is 6.07 Å². The number of hydrogen-bond donors (Lipinski definition) is 0. The molecule has 0 aromatic carbocycles. The molecular formula is C12H22N2S. The van der Waals surface area contributed by atoms with Crippen LogP contribution >= 0.6 is 11.8 Å². The van der Waals surface area contributed by atoms with Gasteiger partial charge in [0.1, 0.15) is 0 Å². The Morgan fingerprint density at radius 3 is 2.73 bits per heavy atom. The van der Waals surface area contributed by atoms with Crippen molar-refractivity contribution in [2.75, 3.05) is 24.6 Å². The molecular weight excluding hydrogens is 204 g/mol. The molecule has 15 heavy (non-hydrogen) atoms. The maximum Gasteiger partial charge on any atom is 0.0868 e. The van der Waals surface area contributed by atoms with Gasteiger partial charge in [-0.2, -0.15) is 17.0 Å². The Morgan fingerprint density at radius 1 is 1.40 bits per heavy atom. The molecule has 0 saturated heterocycles. The molecule has 0 heterocycles. The van der Waals surface area contributed by atoms with Crippen LogP contribution in [0.25, 0.3) is 0 Å². The molecule has 1 aliphatic rings. The van der Waals surface area contributed by atoms with Gasteiger partial charge < -0.3 is 0 Å². The second-order valence-electron chi connectivity index (χ2n) is 4.12. The lowest BCUT2D eigenvalue weighted by Gasteiger charge is -2.25. The Morgan fingerprint density at radius 2 is 2.13 bits per heavy atom. The van der Waals surface area contributed by atoms with Crippen LogP contribution in [0.4, 0.5) is 0 Å². The van der Waals surface area contributed by atoms with Gasteiger partial charge in [-0.3, -0.25) is 4.90 Å². The zero-order chi connectivity index (χ0) is 10.9. The topological polar surface area (TPSA) is 27.0 Å². The molecule has 0 aromatic heterocycles. The molecule has 0 N–H and O–H groups in total. The largest absolute Gasteiger partial charge is 0.288 e. The van der Waals surface area contributed by atoms with Gasteiger partial charge in [-0.1, -0.05) is 19.8 Å². The summed E-state index contributed by atoms with van der Waals surface area (Å²) in [6.07, 6.45) is 6.56. The van der Waals surface area contributed by atoms with Gasteiger partial charge in [-0.15, -0.1) is 0 Å². The molecule has 1 saturated carbocycles. The summed E-state index contributed by atoms with van der Waals surface area (Å²) in [5, 5.41) is 8.80. The molecule has 0 spiro atoms. The third-order valence-corrected chi connectivity index (χ3v) is 4.04. The van der Waals surface area contributed by atoms with E-state index in [1.54, 1.807) is 0 Å². The first-order valence-corrected chi connectivity index (χ1v) is 7.22. The normalized spacial score (nSPS) is 17.1. The molecule has 0 aromatic rings. The van der Waals surface area contributed by atoms with E-state index in [1.165, 1.54) is 43.6 Å². The molecule has 1 rings (SSSR count). The third-order valence-electron chi connectivity index (χ3n) is 3.05. The summed E-state index contributed by atoms with van der Waals surface area (Å²) in [4.78, 5) is 2.39. The zero-order valence-corrected chi connectivity index (χ0v) is 10.6. The summed E-state index contributed by atoms with van der Waals surface area (Å²) in [5.74, 6) is 2.45. The number of nitrogens with zero attached hydrogens (tertiary/aromatic N) is 2. The van der Waals surface area contributed by atoms with Crippen LogP contribution in [0, 0.1) is 11.3 Å². The average Bonchev–Trinajstić information content (AvgIpc) is 2.76. The van der Waals surface area contributed by atoms with E-state index in [9.17, 15) is 0 Å². The second-order valence-corrected chi connectivity index (χ2v) is 5.51. The van der Waals surface area contributed by atoms with Gasteiger partial charge in [0.15, 0.2) is 0 Å². The van der Waals surface area contributed by atoms with Crippen LogP contribution in [-0.4, -0.2) is 35.5 Å². The van der Waals surface area contributed by atoms with Crippen LogP contribution in [-0.2, 0) is 0 Å². The van der Waals surface area contributed by atoms with E-state index in [0.717, 1.165) is 6.54 Å². The van der Waals surface area contributed by atoms with Crippen LogP contribution < -0.4 is 0 Å². The predicted molar refractivity (Wildman–Crippen MR) is 67.1 cm³/mol. The molecule has 0 amide bonds. The number of hydrogen-bond acceptors (Lipinski definition) is 3. The van der Waals surface area contributed by atoms with E-state index in [1.807, 2.05) is 11.8 Å². The van der Waals surface area contributed by atoms with Crippen molar-refractivity contribution in [1.29, 1.82) is 5.26 Å². The third kappa shape index (κ3) is 4.90. The van der Waals surface area contributed by atoms with Crippen LogP contribution in [0.1, 0.15) is 39.0 Å². The van der Waals surface area contributed by atoms with Gasteiger partial charge in [-0.05, 0) is 30.8 Å². The number of thioether (sulfide) groups is 1. The maximum atomic E-state index is 8.80. The minimum Gasteiger partial charge on any atom is -0.288 e. The molecule has 0 unspecified atom stereocenters. The summed E-state index contributed by atoms with van der Waals surface area (Å²) in [6, 6.07) is 3.01. The molecule has 0 bridgehead atoms. The summed E-state index contributed by atoms with van der Waals surface area (Å²) in [6.45, 7) is 3.95. The van der Waals surface area contributed by atoms with E-state index in [2.05, 4.69) is 17.9 Å². The molecule has 1 fully saturated rings. The highest BCUT2D eigenvalue weighted by atomic mass is 32.2. The number of rotatable bonds is 7. The SMILES string of the molecule is CCSCCCN(CC#N)C1CCCC1. The van der Waals surface area contributed by atoms with Gasteiger partial charge in [0.05, 0.1) is 12.6 Å². The second kappa shape index (κ2) is 8.01. The van der Waals surface area contributed by atoms with Gasteiger partial charge in [0.2, 0.25) is 0 Å². The van der Waals surface area contributed by atoms with E-state index < -0.39 is 0 Å². The van der Waals surface area contributed by atoms with Crippen molar-refractivity contribution in [1.82, 2.24) is 4.90 Å². The highest BCUT2D eigenvalue weighted by Crippen LogP contribution is 2.23. The summed E-state index contributed by atoms with van der Waals surface area (Å²) < 4.78 is 0. The van der Waals surface area contributed by atoms with Crippen molar-refractivity contribution >= 4 is 11.8 Å². The van der Waals surface area contributed by atoms with Crippen molar-refractivity contribution in [2.45, 2.75) is 45.1 Å². The van der Waals surface area contributed by atoms with Gasteiger partial charge in [-0.25, -0.2) is 0 Å². The lowest BCUT2D eigenvalue weighted by Crippen LogP contribution is -2.34. The Hall–Kier alpha value is -0.200. The minimum absolute atomic E-state index is 0.626. The molecule has 2 nitrogen and oxygen atoms in total. The van der Waals surface area contributed by atoms with Gasteiger partial charge in [0.25, 0.3) is 0 Å². The summed E-state index contributed by atoms with van der Waals surface area (Å²) in [7, 11) is 0. The monoisotopic (exact) mass is 226 g/mol. The Kier molecular flexibility index (Phi) is 6.87. The molecule has 0 aliphatic heterocycles. The predicted octanol–water partition coefficient (Wildman–Crippen LogP) is 2.90. The molecule has 0 radical (unpaired) electrons. The van der Waals surface area contributed by atoms with Crippen molar-refractivity contribution in [2.24, 2.45) is 0 Å². The first kappa shape index (κ1) is 12.9. The minimum atomic E-state index is 0.626. The van der Waals surface area contributed by atoms with Crippen molar-refractivity contribution in [3.05, 3.63) is 0 Å². The molecule has 1 aliphatic carbocycles. The fourth-order valence-electron chi connectivity index (χ4n) is 2.27. The molecule has 0 atom stereocenters. The zero-order valence-electron chi connectivity index (χ0n) is 9.74. The fourth-order valence-corrected chi connectivity index (χ4v) is 2.89. The van der Waals surface area contributed by atoms with Crippen LogP contribution in [0.3, 0.4) is 0 Å². The lowest BCUT2D eigenvalue weighted by molar-refractivity contribution is 0.224. The number of nitriles is 1. The fraction of sp³-hybridized carbons (Fsp3) is 0.917. The van der Waals surface area contributed by atoms with Gasteiger partial charge >= 0.3 is 0 Å². The summed E-state index contributed by atoms with van der Waals surface area (Å²) >= 11 is 2.00. The average molecular weight is 226 g/mol. The Bertz CT molecular complexity index is 194. The molecule has 3 heteroatoms.